The van der Waals surface area contributed by atoms with Crippen LogP contribution in [0.1, 0.15) is 38.5 Å². The lowest BCUT2D eigenvalue weighted by molar-refractivity contribution is -0.162. The zero-order valence-electron chi connectivity index (χ0n) is 13.4. The monoisotopic (exact) mass is 350 g/mol. The standard InChI is InChI=1S/C15H21F3N2O4/c1-19(14(13(23)24)5-3-2-4-6-14)12(22)10-7-11(21)20(8-10)9-15(16,17)18/h10H,2-9H2,1H3,(H,23,24). The van der Waals surface area contributed by atoms with E-state index in [4.69, 9.17) is 0 Å². The second kappa shape index (κ2) is 6.60. The third kappa shape index (κ3) is 3.64. The Kier molecular flexibility index (Phi) is 5.10. The number of hydrogen-bond donors (Lipinski definition) is 1. The molecule has 136 valence electrons. The minimum atomic E-state index is -4.52. The Morgan fingerprint density at radius 1 is 1.29 bits per heavy atom. The van der Waals surface area contributed by atoms with Crippen LogP contribution in [0.25, 0.3) is 0 Å². The summed E-state index contributed by atoms with van der Waals surface area (Å²) < 4.78 is 37.4. The number of hydrogen-bond acceptors (Lipinski definition) is 3. The molecule has 2 aliphatic rings. The summed E-state index contributed by atoms with van der Waals surface area (Å²) in [7, 11) is 1.37. The van der Waals surface area contributed by atoms with Crippen LogP contribution in [0.2, 0.25) is 0 Å². The zero-order chi connectivity index (χ0) is 18.1. The predicted molar refractivity (Wildman–Crippen MR) is 77.0 cm³/mol. The first-order valence-corrected chi connectivity index (χ1v) is 7.92. The molecule has 6 nitrogen and oxygen atoms in total. The normalized spacial score (nSPS) is 24.1. The molecule has 24 heavy (non-hydrogen) atoms. The van der Waals surface area contributed by atoms with Gasteiger partial charge in [0.15, 0.2) is 0 Å². The van der Waals surface area contributed by atoms with Crippen molar-refractivity contribution in [3.63, 3.8) is 0 Å². The molecule has 1 saturated carbocycles. The van der Waals surface area contributed by atoms with E-state index in [0.29, 0.717) is 30.6 Å². The summed E-state index contributed by atoms with van der Waals surface area (Å²) in [6.07, 6.45) is -1.96. The molecule has 1 heterocycles. The molecule has 2 rings (SSSR count). The van der Waals surface area contributed by atoms with Gasteiger partial charge in [0.2, 0.25) is 11.8 Å². The number of likely N-dealkylation sites (N-methyl/N-ethyl adjacent to an activating group) is 1. The van der Waals surface area contributed by atoms with Gasteiger partial charge in [-0.25, -0.2) is 4.79 Å². The van der Waals surface area contributed by atoms with Crippen LogP contribution in [0, 0.1) is 5.92 Å². The fourth-order valence-electron chi connectivity index (χ4n) is 3.62. The molecule has 0 radical (unpaired) electrons. The Hall–Kier alpha value is -1.80. The van der Waals surface area contributed by atoms with Gasteiger partial charge >= 0.3 is 12.1 Å². The van der Waals surface area contributed by atoms with E-state index in [1.807, 2.05) is 0 Å². The Morgan fingerprint density at radius 2 is 1.88 bits per heavy atom. The Bertz CT molecular complexity index is 529. The molecule has 1 atom stereocenters. The van der Waals surface area contributed by atoms with Crippen molar-refractivity contribution in [1.82, 2.24) is 9.80 Å². The van der Waals surface area contributed by atoms with Gasteiger partial charge in [-0.05, 0) is 12.8 Å². The topological polar surface area (TPSA) is 77.9 Å². The highest BCUT2D eigenvalue weighted by atomic mass is 19.4. The van der Waals surface area contributed by atoms with E-state index in [9.17, 15) is 32.7 Å². The molecule has 1 aliphatic carbocycles. The quantitative estimate of drug-likeness (QED) is 0.836. The lowest BCUT2D eigenvalue weighted by Crippen LogP contribution is -2.57. The zero-order valence-corrected chi connectivity index (χ0v) is 13.4. The minimum Gasteiger partial charge on any atom is -0.479 e. The first kappa shape index (κ1) is 18.5. The highest BCUT2D eigenvalue weighted by Crippen LogP contribution is 2.35. The number of amides is 2. The predicted octanol–water partition coefficient (Wildman–Crippen LogP) is 1.64. The molecule has 2 amide bonds. The van der Waals surface area contributed by atoms with Crippen molar-refractivity contribution in [3.05, 3.63) is 0 Å². The number of alkyl halides is 3. The first-order valence-electron chi connectivity index (χ1n) is 7.92. The molecule has 0 aromatic heterocycles. The molecule has 0 aromatic rings. The third-order valence-electron chi connectivity index (χ3n) is 4.99. The molecule has 0 aromatic carbocycles. The Balaban J connectivity index is 2.10. The molecule has 2 fully saturated rings. The fourth-order valence-corrected chi connectivity index (χ4v) is 3.62. The molecule has 1 unspecified atom stereocenters. The van der Waals surface area contributed by atoms with E-state index in [2.05, 4.69) is 0 Å². The molecule has 0 spiro atoms. The SMILES string of the molecule is CN(C(=O)C1CC(=O)N(CC(F)(F)F)C1)C1(C(=O)O)CCCCC1. The van der Waals surface area contributed by atoms with Crippen LogP contribution in [-0.4, -0.2) is 64.5 Å². The lowest BCUT2D eigenvalue weighted by atomic mass is 9.80. The van der Waals surface area contributed by atoms with E-state index in [0.717, 1.165) is 11.3 Å². The molecule has 1 N–H and O–H groups in total. The minimum absolute atomic E-state index is 0.311. The molecule has 1 saturated heterocycles. The summed E-state index contributed by atoms with van der Waals surface area (Å²) >= 11 is 0. The van der Waals surface area contributed by atoms with Crippen LogP contribution in [0.3, 0.4) is 0 Å². The first-order chi connectivity index (χ1) is 11.1. The summed E-state index contributed by atoms with van der Waals surface area (Å²) in [6, 6.07) is 0. The molecule has 9 heteroatoms. The maximum atomic E-state index is 12.6. The van der Waals surface area contributed by atoms with Crippen LogP contribution in [0.15, 0.2) is 0 Å². The van der Waals surface area contributed by atoms with Crippen LogP contribution >= 0.6 is 0 Å². The Morgan fingerprint density at radius 3 is 2.38 bits per heavy atom. The second-order valence-electron chi connectivity index (χ2n) is 6.59. The number of nitrogens with zero attached hydrogens (tertiary/aromatic N) is 2. The van der Waals surface area contributed by atoms with E-state index in [1.165, 1.54) is 7.05 Å². The number of likely N-dealkylation sites (tertiary alicyclic amines) is 1. The maximum absolute atomic E-state index is 12.6. The number of aliphatic carboxylic acids is 1. The summed E-state index contributed by atoms with van der Waals surface area (Å²) in [5.41, 5.74) is -1.32. The van der Waals surface area contributed by atoms with Gasteiger partial charge in [0.05, 0.1) is 5.92 Å². The maximum Gasteiger partial charge on any atom is 0.406 e. The number of carbonyl (C=O) groups is 3. The smallest absolute Gasteiger partial charge is 0.406 e. The lowest BCUT2D eigenvalue weighted by Gasteiger charge is -2.41. The average molecular weight is 350 g/mol. The van der Waals surface area contributed by atoms with Crippen molar-refractivity contribution >= 4 is 17.8 Å². The van der Waals surface area contributed by atoms with Gasteiger partial charge in [-0.1, -0.05) is 19.3 Å². The highest BCUT2D eigenvalue weighted by Gasteiger charge is 2.49. The van der Waals surface area contributed by atoms with Gasteiger partial charge < -0.3 is 14.9 Å². The van der Waals surface area contributed by atoms with Crippen LogP contribution in [0.5, 0.6) is 0 Å². The third-order valence-corrected chi connectivity index (χ3v) is 4.99. The largest absolute Gasteiger partial charge is 0.479 e. The van der Waals surface area contributed by atoms with Crippen molar-refractivity contribution < 1.29 is 32.7 Å². The summed E-state index contributed by atoms with van der Waals surface area (Å²) in [5.74, 6) is -3.33. The van der Waals surface area contributed by atoms with Crippen LogP contribution < -0.4 is 0 Å². The summed E-state index contributed by atoms with van der Waals surface area (Å²) in [5, 5.41) is 9.59. The van der Waals surface area contributed by atoms with Crippen molar-refractivity contribution in [3.8, 4) is 0 Å². The van der Waals surface area contributed by atoms with Crippen molar-refractivity contribution in [2.24, 2.45) is 5.92 Å². The van der Waals surface area contributed by atoms with Crippen LogP contribution in [-0.2, 0) is 14.4 Å². The molecular formula is C15H21F3N2O4. The van der Waals surface area contributed by atoms with Crippen molar-refractivity contribution in [2.45, 2.75) is 50.2 Å². The highest BCUT2D eigenvalue weighted by molar-refractivity contribution is 5.92. The summed E-state index contributed by atoms with van der Waals surface area (Å²) in [6.45, 7) is -1.71. The van der Waals surface area contributed by atoms with Gasteiger partial charge in [0, 0.05) is 20.0 Å². The van der Waals surface area contributed by atoms with Crippen LogP contribution in [0.4, 0.5) is 13.2 Å². The molecule has 1 aliphatic heterocycles. The number of carbonyl (C=O) groups excluding carboxylic acids is 2. The number of carboxylic acid groups (broad SMARTS) is 1. The second-order valence-corrected chi connectivity index (χ2v) is 6.59. The van der Waals surface area contributed by atoms with Gasteiger partial charge in [-0.3, -0.25) is 9.59 Å². The number of carboxylic acids is 1. The van der Waals surface area contributed by atoms with Gasteiger partial charge in [-0.15, -0.1) is 0 Å². The van der Waals surface area contributed by atoms with E-state index in [1.54, 1.807) is 0 Å². The molecule has 0 bridgehead atoms. The number of rotatable bonds is 4. The van der Waals surface area contributed by atoms with Crippen molar-refractivity contribution in [1.29, 1.82) is 0 Å². The van der Waals surface area contributed by atoms with Crippen molar-refractivity contribution in [2.75, 3.05) is 20.1 Å². The summed E-state index contributed by atoms with van der Waals surface area (Å²) in [4.78, 5) is 37.8. The van der Waals surface area contributed by atoms with Gasteiger partial charge in [0.25, 0.3) is 0 Å². The fraction of sp³-hybridized carbons (Fsp3) is 0.800. The van der Waals surface area contributed by atoms with E-state index in [-0.39, 0.29) is 13.0 Å². The number of halogens is 3. The van der Waals surface area contributed by atoms with Gasteiger partial charge in [0.1, 0.15) is 12.1 Å². The Labute approximate surface area is 137 Å². The van der Waals surface area contributed by atoms with Gasteiger partial charge in [-0.2, -0.15) is 13.2 Å². The van der Waals surface area contributed by atoms with E-state index >= 15 is 0 Å². The average Bonchev–Trinajstić information content (AvgIpc) is 2.85. The van der Waals surface area contributed by atoms with E-state index < -0.39 is 42.0 Å². The molecular weight excluding hydrogens is 329 g/mol.